The summed E-state index contributed by atoms with van der Waals surface area (Å²) in [5.41, 5.74) is -0.864. The Labute approximate surface area is 175 Å². The van der Waals surface area contributed by atoms with Crippen molar-refractivity contribution in [3.05, 3.63) is 23.2 Å². The fraction of sp³-hybridized carbons (Fsp3) is 0.550. The van der Waals surface area contributed by atoms with Crippen molar-refractivity contribution >= 4 is 29.1 Å². The molecule has 2 aromatic rings. The Morgan fingerprint density at radius 1 is 1.30 bits per heavy atom. The van der Waals surface area contributed by atoms with Gasteiger partial charge < -0.3 is 14.9 Å². The number of carbonyl (C=O) groups is 1. The van der Waals surface area contributed by atoms with Crippen molar-refractivity contribution in [3.63, 3.8) is 0 Å². The number of anilines is 2. The summed E-state index contributed by atoms with van der Waals surface area (Å²) in [6, 6.07) is 3.50. The molecular formula is C20H21F3N4O2S. The van der Waals surface area contributed by atoms with Gasteiger partial charge in [-0.15, -0.1) is 11.3 Å². The molecule has 3 fully saturated rings. The zero-order chi connectivity index (χ0) is 21.2. The predicted molar refractivity (Wildman–Crippen MR) is 107 cm³/mol. The second-order valence-corrected chi connectivity index (χ2v) is 9.32. The third-order valence-corrected chi connectivity index (χ3v) is 7.46. The molecule has 160 valence electrons. The first kappa shape index (κ1) is 19.6. The van der Waals surface area contributed by atoms with Gasteiger partial charge in [0.1, 0.15) is 5.82 Å². The van der Waals surface area contributed by atoms with Crippen molar-refractivity contribution < 1.29 is 23.1 Å². The van der Waals surface area contributed by atoms with E-state index in [1.54, 1.807) is 22.4 Å². The van der Waals surface area contributed by atoms with E-state index in [0.717, 1.165) is 6.42 Å². The molecule has 4 heterocycles. The number of halogens is 3. The summed E-state index contributed by atoms with van der Waals surface area (Å²) in [7, 11) is 0. The third-order valence-electron chi connectivity index (χ3n) is 6.57. The molecule has 4 atom stereocenters. The maximum absolute atomic E-state index is 14.1. The highest BCUT2D eigenvalue weighted by molar-refractivity contribution is 7.13. The van der Waals surface area contributed by atoms with E-state index in [1.165, 1.54) is 11.3 Å². The van der Waals surface area contributed by atoms with Crippen molar-refractivity contribution in [1.82, 2.24) is 9.97 Å². The van der Waals surface area contributed by atoms with Gasteiger partial charge in [-0.3, -0.25) is 4.79 Å². The average Bonchev–Trinajstić information content (AvgIpc) is 3.11. The maximum atomic E-state index is 14.1. The first-order chi connectivity index (χ1) is 14.2. The standard InChI is InChI=1S/C20H21F3N4O2S/c1-10-4-5-27(10)19-24-17(20(21,22)23)16(14-3-2-6-30-14)18(25-19)26-8-12-11(7-15(28)29)13(12)9-26/h2-3,6,10-13H,4-5,7-9H2,1H3,(H,28,29)/t10-,11-,12-,13+/m0/s1. The van der Waals surface area contributed by atoms with Gasteiger partial charge in [0.2, 0.25) is 5.95 Å². The summed E-state index contributed by atoms with van der Waals surface area (Å²) < 4.78 is 42.2. The molecule has 2 aromatic heterocycles. The molecule has 0 radical (unpaired) electrons. The van der Waals surface area contributed by atoms with Crippen molar-refractivity contribution in [3.8, 4) is 10.4 Å². The van der Waals surface area contributed by atoms with E-state index in [-0.39, 0.29) is 41.7 Å². The van der Waals surface area contributed by atoms with Crippen LogP contribution in [0.2, 0.25) is 0 Å². The smallest absolute Gasteiger partial charge is 0.434 e. The molecule has 0 aromatic carbocycles. The van der Waals surface area contributed by atoms with Crippen LogP contribution in [-0.4, -0.2) is 46.7 Å². The van der Waals surface area contributed by atoms with Crippen LogP contribution in [0.3, 0.4) is 0 Å². The summed E-state index contributed by atoms with van der Waals surface area (Å²) in [6.45, 7) is 3.66. The first-order valence-electron chi connectivity index (χ1n) is 10.0. The lowest BCUT2D eigenvalue weighted by molar-refractivity contribution is -0.140. The molecule has 2 aliphatic heterocycles. The lowest BCUT2D eigenvalue weighted by atomic mass is 10.1. The molecule has 0 unspecified atom stereocenters. The number of carboxylic acid groups (broad SMARTS) is 1. The second kappa shape index (κ2) is 6.83. The van der Waals surface area contributed by atoms with Gasteiger partial charge in [0, 0.05) is 37.0 Å². The minimum atomic E-state index is -4.60. The van der Waals surface area contributed by atoms with E-state index in [2.05, 4.69) is 9.97 Å². The van der Waals surface area contributed by atoms with Crippen LogP contribution in [0.25, 0.3) is 10.4 Å². The van der Waals surface area contributed by atoms with Crippen LogP contribution in [0.1, 0.15) is 25.5 Å². The van der Waals surface area contributed by atoms with Crippen molar-refractivity contribution in [1.29, 1.82) is 0 Å². The number of carboxylic acids is 1. The molecule has 6 nitrogen and oxygen atoms in total. The van der Waals surface area contributed by atoms with Gasteiger partial charge in [0.05, 0.1) is 5.56 Å². The number of nitrogens with zero attached hydrogens (tertiary/aromatic N) is 4. The quantitative estimate of drug-likeness (QED) is 0.762. The molecule has 2 saturated heterocycles. The number of rotatable bonds is 5. The Bertz CT molecular complexity index is 969. The molecular weight excluding hydrogens is 417 g/mol. The molecule has 1 N–H and O–H groups in total. The normalized spacial score (nSPS) is 27.7. The molecule has 5 rings (SSSR count). The monoisotopic (exact) mass is 438 g/mol. The van der Waals surface area contributed by atoms with Gasteiger partial charge in [-0.2, -0.15) is 18.2 Å². The summed E-state index contributed by atoms with van der Waals surface area (Å²) in [4.78, 5) is 23.8. The van der Waals surface area contributed by atoms with E-state index >= 15 is 0 Å². The van der Waals surface area contributed by atoms with Gasteiger partial charge in [0.15, 0.2) is 5.69 Å². The van der Waals surface area contributed by atoms with Crippen LogP contribution in [0, 0.1) is 17.8 Å². The first-order valence-corrected chi connectivity index (χ1v) is 10.9. The molecule has 0 amide bonds. The Kier molecular flexibility index (Phi) is 4.46. The van der Waals surface area contributed by atoms with Gasteiger partial charge in [-0.05, 0) is 42.5 Å². The average molecular weight is 438 g/mol. The number of aliphatic carboxylic acids is 1. The SMILES string of the molecule is C[C@H]1CCN1c1nc(N2C[C@@H]3[C@@H](CC(=O)O)[C@@H]3C2)c(-c2cccs2)c(C(F)(F)F)n1. The number of alkyl halides is 3. The van der Waals surface area contributed by atoms with Gasteiger partial charge in [0.25, 0.3) is 0 Å². The topological polar surface area (TPSA) is 69.6 Å². The molecule has 10 heteroatoms. The number of hydrogen-bond donors (Lipinski definition) is 1. The highest BCUT2D eigenvalue weighted by Crippen LogP contribution is 2.55. The molecule has 3 aliphatic rings. The van der Waals surface area contributed by atoms with E-state index in [1.807, 2.05) is 11.8 Å². The maximum Gasteiger partial charge on any atom is 0.434 e. The molecule has 1 aliphatic carbocycles. The summed E-state index contributed by atoms with van der Waals surface area (Å²) >= 11 is 1.24. The highest BCUT2D eigenvalue weighted by atomic mass is 32.1. The Morgan fingerprint density at radius 2 is 2.03 bits per heavy atom. The number of fused-ring (bicyclic) bond motifs is 1. The number of hydrogen-bond acceptors (Lipinski definition) is 6. The minimum Gasteiger partial charge on any atom is -0.481 e. The fourth-order valence-electron chi connectivity index (χ4n) is 4.79. The largest absolute Gasteiger partial charge is 0.481 e. The van der Waals surface area contributed by atoms with Crippen LogP contribution in [0.5, 0.6) is 0 Å². The Balaban J connectivity index is 1.57. The zero-order valence-corrected chi connectivity index (χ0v) is 17.1. The van der Waals surface area contributed by atoms with E-state index in [0.29, 0.717) is 30.3 Å². The highest BCUT2D eigenvalue weighted by Gasteiger charge is 2.57. The Hall–Kier alpha value is -2.36. The van der Waals surface area contributed by atoms with Crippen LogP contribution in [-0.2, 0) is 11.0 Å². The van der Waals surface area contributed by atoms with E-state index in [4.69, 9.17) is 5.11 Å². The van der Waals surface area contributed by atoms with Crippen molar-refractivity contribution in [2.75, 3.05) is 29.4 Å². The number of aromatic nitrogens is 2. The molecule has 0 bridgehead atoms. The summed E-state index contributed by atoms with van der Waals surface area (Å²) in [6.07, 6.45) is -3.58. The van der Waals surface area contributed by atoms with Crippen molar-refractivity contribution in [2.45, 2.75) is 32.0 Å². The van der Waals surface area contributed by atoms with Gasteiger partial charge >= 0.3 is 12.1 Å². The van der Waals surface area contributed by atoms with Crippen LogP contribution >= 0.6 is 11.3 Å². The molecule has 30 heavy (non-hydrogen) atoms. The number of piperidine rings is 1. The van der Waals surface area contributed by atoms with E-state index < -0.39 is 17.8 Å². The molecule has 0 spiro atoms. The summed E-state index contributed by atoms with van der Waals surface area (Å²) in [5.74, 6) is 0.133. The van der Waals surface area contributed by atoms with Gasteiger partial charge in [-0.25, -0.2) is 4.98 Å². The zero-order valence-electron chi connectivity index (χ0n) is 16.3. The van der Waals surface area contributed by atoms with Crippen molar-refractivity contribution in [2.24, 2.45) is 17.8 Å². The third kappa shape index (κ3) is 3.21. The Morgan fingerprint density at radius 3 is 2.53 bits per heavy atom. The van der Waals surface area contributed by atoms with Crippen LogP contribution in [0.15, 0.2) is 17.5 Å². The minimum absolute atomic E-state index is 0.0329. The second-order valence-electron chi connectivity index (χ2n) is 8.37. The van der Waals surface area contributed by atoms with Crippen LogP contribution in [0.4, 0.5) is 24.9 Å². The fourth-order valence-corrected chi connectivity index (χ4v) is 5.55. The molecule has 1 saturated carbocycles. The predicted octanol–water partition coefficient (Wildman–Crippen LogP) is 3.98. The lowest BCUT2D eigenvalue weighted by Crippen LogP contribution is -2.47. The summed E-state index contributed by atoms with van der Waals surface area (Å²) in [5, 5.41) is 10.8. The lowest BCUT2D eigenvalue weighted by Gasteiger charge is -2.39. The van der Waals surface area contributed by atoms with E-state index in [9.17, 15) is 18.0 Å². The number of thiophene rings is 1. The van der Waals surface area contributed by atoms with Crippen LogP contribution < -0.4 is 9.80 Å². The van der Waals surface area contributed by atoms with Gasteiger partial charge in [-0.1, -0.05) is 6.07 Å².